The number of hydrogen-bond donors (Lipinski definition) is 1. The zero-order valence-electron chi connectivity index (χ0n) is 10.3. The van der Waals surface area contributed by atoms with Gasteiger partial charge in [0.25, 0.3) is 0 Å². The third kappa shape index (κ3) is 5.23. The number of aliphatic carboxylic acids is 1. The van der Waals surface area contributed by atoms with Crippen molar-refractivity contribution in [1.29, 1.82) is 0 Å². The lowest BCUT2D eigenvalue weighted by Gasteiger charge is -2.18. The van der Waals surface area contributed by atoms with E-state index in [-0.39, 0.29) is 12.5 Å². The zero-order chi connectivity index (χ0) is 13.4. The second-order valence-corrected chi connectivity index (χ2v) is 4.77. The minimum atomic E-state index is -0.974. The molecule has 5 heteroatoms. The number of carbonyl (C=O) groups excluding carboxylic acids is 1. The van der Waals surface area contributed by atoms with E-state index in [9.17, 15) is 9.59 Å². The Morgan fingerprint density at radius 3 is 2.50 bits per heavy atom. The summed E-state index contributed by atoms with van der Waals surface area (Å²) in [5.74, 6) is -0.0215. The summed E-state index contributed by atoms with van der Waals surface area (Å²) in [6.07, 6.45) is 0. The lowest BCUT2D eigenvalue weighted by Crippen LogP contribution is -2.36. The summed E-state index contributed by atoms with van der Waals surface area (Å²) in [6, 6.07) is 9.88. The normalized spacial score (nSPS) is 10.1. The van der Waals surface area contributed by atoms with Crippen LogP contribution in [0, 0.1) is 0 Å². The predicted octanol–water partition coefficient (Wildman–Crippen LogP) is 1.85. The van der Waals surface area contributed by atoms with Gasteiger partial charge in [0.05, 0.1) is 5.75 Å². The van der Waals surface area contributed by atoms with Crippen molar-refractivity contribution in [2.24, 2.45) is 0 Å². The molecule has 98 valence electrons. The van der Waals surface area contributed by atoms with Gasteiger partial charge in [0, 0.05) is 12.3 Å². The fourth-order valence-corrected chi connectivity index (χ4v) is 2.35. The van der Waals surface area contributed by atoms with Crippen LogP contribution in [-0.4, -0.2) is 40.7 Å². The summed E-state index contributed by atoms with van der Waals surface area (Å²) in [6.45, 7) is 1.99. The number of carboxylic acid groups (broad SMARTS) is 1. The second-order valence-electron chi connectivity index (χ2n) is 3.78. The van der Waals surface area contributed by atoms with Gasteiger partial charge >= 0.3 is 5.97 Å². The number of amides is 1. The van der Waals surface area contributed by atoms with Crippen molar-refractivity contribution in [3.8, 4) is 0 Å². The zero-order valence-corrected chi connectivity index (χ0v) is 11.2. The SMILES string of the molecule is CCN(CC(=O)O)C(=O)CSCc1ccccc1. The monoisotopic (exact) mass is 267 g/mol. The molecule has 0 radical (unpaired) electrons. The van der Waals surface area contributed by atoms with Gasteiger partial charge in [-0.15, -0.1) is 11.8 Å². The van der Waals surface area contributed by atoms with E-state index in [1.54, 1.807) is 6.92 Å². The molecule has 0 atom stereocenters. The maximum absolute atomic E-state index is 11.7. The molecule has 0 bridgehead atoms. The molecular weight excluding hydrogens is 250 g/mol. The molecule has 1 rings (SSSR count). The van der Waals surface area contributed by atoms with Crippen LogP contribution in [0.2, 0.25) is 0 Å². The van der Waals surface area contributed by atoms with Gasteiger partial charge in [-0.3, -0.25) is 9.59 Å². The van der Waals surface area contributed by atoms with Gasteiger partial charge in [0.15, 0.2) is 0 Å². The molecule has 0 aliphatic heterocycles. The second kappa shape index (κ2) is 7.76. The number of likely N-dealkylation sites (N-methyl/N-ethyl adjacent to an activating group) is 1. The Labute approximate surface area is 111 Å². The van der Waals surface area contributed by atoms with E-state index in [1.807, 2.05) is 30.3 Å². The molecule has 1 N–H and O–H groups in total. The van der Waals surface area contributed by atoms with Gasteiger partial charge in [-0.1, -0.05) is 30.3 Å². The van der Waals surface area contributed by atoms with Crippen LogP contribution in [0.5, 0.6) is 0 Å². The van der Waals surface area contributed by atoms with E-state index < -0.39 is 5.97 Å². The molecule has 1 aromatic rings. The van der Waals surface area contributed by atoms with Crippen molar-refractivity contribution < 1.29 is 14.7 Å². The molecule has 1 amide bonds. The summed E-state index contributed by atoms with van der Waals surface area (Å²) in [5.41, 5.74) is 1.16. The van der Waals surface area contributed by atoms with Gasteiger partial charge in [-0.25, -0.2) is 0 Å². The third-order valence-electron chi connectivity index (χ3n) is 2.40. The summed E-state index contributed by atoms with van der Waals surface area (Å²) in [7, 11) is 0. The Hall–Kier alpha value is -1.49. The molecule has 18 heavy (non-hydrogen) atoms. The molecule has 0 fully saturated rings. The molecule has 0 spiro atoms. The summed E-state index contributed by atoms with van der Waals surface area (Å²) in [4.78, 5) is 23.7. The molecule has 0 heterocycles. The quantitative estimate of drug-likeness (QED) is 0.819. The highest BCUT2D eigenvalue weighted by Crippen LogP contribution is 2.12. The van der Waals surface area contributed by atoms with Crippen molar-refractivity contribution in [1.82, 2.24) is 4.90 Å². The first kappa shape index (κ1) is 14.6. The minimum Gasteiger partial charge on any atom is -0.480 e. The maximum Gasteiger partial charge on any atom is 0.323 e. The standard InChI is InChI=1S/C13H17NO3S/c1-2-14(8-13(16)17)12(15)10-18-9-11-6-4-3-5-7-11/h3-7H,2,8-10H2,1H3,(H,16,17). The van der Waals surface area contributed by atoms with Gasteiger partial charge in [-0.2, -0.15) is 0 Å². The first-order valence-electron chi connectivity index (χ1n) is 5.74. The topological polar surface area (TPSA) is 57.6 Å². The number of rotatable bonds is 7. The summed E-state index contributed by atoms with van der Waals surface area (Å²) < 4.78 is 0. The van der Waals surface area contributed by atoms with E-state index in [1.165, 1.54) is 16.7 Å². The average Bonchev–Trinajstić information content (AvgIpc) is 2.36. The Morgan fingerprint density at radius 1 is 1.28 bits per heavy atom. The first-order valence-corrected chi connectivity index (χ1v) is 6.90. The maximum atomic E-state index is 11.7. The van der Waals surface area contributed by atoms with Crippen LogP contribution in [0.25, 0.3) is 0 Å². The van der Waals surface area contributed by atoms with Crippen molar-refractivity contribution in [2.75, 3.05) is 18.8 Å². The van der Waals surface area contributed by atoms with Crippen LogP contribution in [0.15, 0.2) is 30.3 Å². The first-order chi connectivity index (χ1) is 8.63. The third-order valence-corrected chi connectivity index (χ3v) is 3.39. The fraction of sp³-hybridized carbons (Fsp3) is 0.385. The van der Waals surface area contributed by atoms with Gasteiger partial charge in [0.2, 0.25) is 5.91 Å². The van der Waals surface area contributed by atoms with Gasteiger partial charge in [0.1, 0.15) is 6.54 Å². The smallest absolute Gasteiger partial charge is 0.323 e. The lowest BCUT2D eigenvalue weighted by molar-refractivity contribution is -0.143. The average molecular weight is 267 g/mol. The van der Waals surface area contributed by atoms with Crippen LogP contribution >= 0.6 is 11.8 Å². The Kier molecular flexibility index (Phi) is 6.28. The van der Waals surface area contributed by atoms with E-state index >= 15 is 0 Å². The summed E-state index contributed by atoms with van der Waals surface area (Å²) in [5, 5.41) is 8.67. The number of benzene rings is 1. The van der Waals surface area contributed by atoms with E-state index in [0.717, 1.165) is 11.3 Å². The minimum absolute atomic E-state index is 0.124. The molecule has 0 aromatic heterocycles. The highest BCUT2D eigenvalue weighted by Gasteiger charge is 2.14. The highest BCUT2D eigenvalue weighted by atomic mass is 32.2. The van der Waals surface area contributed by atoms with E-state index in [2.05, 4.69) is 0 Å². The molecule has 0 saturated carbocycles. The number of hydrogen-bond acceptors (Lipinski definition) is 3. The van der Waals surface area contributed by atoms with Crippen LogP contribution < -0.4 is 0 Å². The molecule has 4 nitrogen and oxygen atoms in total. The lowest BCUT2D eigenvalue weighted by atomic mass is 10.2. The van der Waals surface area contributed by atoms with Crippen LogP contribution in [0.3, 0.4) is 0 Å². The Balaban J connectivity index is 2.34. The van der Waals surface area contributed by atoms with Crippen molar-refractivity contribution >= 4 is 23.6 Å². The largest absolute Gasteiger partial charge is 0.480 e. The number of thioether (sulfide) groups is 1. The van der Waals surface area contributed by atoms with Crippen LogP contribution in [0.1, 0.15) is 12.5 Å². The van der Waals surface area contributed by atoms with Crippen molar-refractivity contribution in [2.45, 2.75) is 12.7 Å². The molecule has 0 aliphatic carbocycles. The molecule has 1 aromatic carbocycles. The van der Waals surface area contributed by atoms with Crippen molar-refractivity contribution in [3.05, 3.63) is 35.9 Å². The molecule has 0 unspecified atom stereocenters. The predicted molar refractivity (Wildman–Crippen MR) is 72.5 cm³/mol. The van der Waals surface area contributed by atoms with Crippen LogP contribution in [-0.2, 0) is 15.3 Å². The number of carbonyl (C=O) groups is 2. The van der Waals surface area contributed by atoms with Gasteiger partial charge < -0.3 is 10.0 Å². The fourth-order valence-electron chi connectivity index (χ4n) is 1.46. The molecular formula is C13H17NO3S. The van der Waals surface area contributed by atoms with Crippen LogP contribution in [0.4, 0.5) is 0 Å². The molecule has 0 saturated heterocycles. The number of carboxylic acids is 1. The summed E-state index contributed by atoms with van der Waals surface area (Å²) >= 11 is 1.50. The van der Waals surface area contributed by atoms with Gasteiger partial charge in [-0.05, 0) is 12.5 Å². The highest BCUT2D eigenvalue weighted by molar-refractivity contribution is 7.99. The number of nitrogens with zero attached hydrogens (tertiary/aromatic N) is 1. The Bertz CT molecular complexity index is 394. The van der Waals surface area contributed by atoms with E-state index in [4.69, 9.17) is 5.11 Å². The van der Waals surface area contributed by atoms with E-state index in [0.29, 0.717) is 12.3 Å². The Morgan fingerprint density at radius 2 is 1.94 bits per heavy atom. The van der Waals surface area contributed by atoms with Crippen molar-refractivity contribution in [3.63, 3.8) is 0 Å². The molecule has 0 aliphatic rings.